The largest absolute Gasteiger partial charge is 0.326 e. The van der Waals surface area contributed by atoms with Crippen molar-refractivity contribution in [3.63, 3.8) is 0 Å². The maximum atomic E-state index is 12.3. The fraction of sp³-hybridized carbons (Fsp3) is 0.231. The molecule has 2 rings (SSSR count). The zero-order chi connectivity index (χ0) is 15.6. The molecule has 0 amide bonds. The number of hydrogen-bond donors (Lipinski definition) is 2. The summed E-state index contributed by atoms with van der Waals surface area (Å²) in [5.74, 6) is 0.0199. The second-order valence-electron chi connectivity index (χ2n) is 4.55. The Morgan fingerprint density at radius 3 is 2.33 bits per heavy atom. The van der Waals surface area contributed by atoms with Crippen LogP contribution in [0.2, 0.25) is 5.02 Å². The molecule has 0 radical (unpaired) electrons. The van der Waals surface area contributed by atoms with Crippen LogP contribution >= 0.6 is 11.6 Å². The van der Waals surface area contributed by atoms with E-state index in [4.69, 9.17) is 17.3 Å². The number of aromatic nitrogens is 2. The highest BCUT2D eigenvalue weighted by Gasteiger charge is 2.19. The first kappa shape index (κ1) is 15.7. The first-order chi connectivity index (χ1) is 9.81. The summed E-state index contributed by atoms with van der Waals surface area (Å²) >= 11 is 6.01. The number of nitrogens with two attached hydrogens (primary N) is 1. The maximum absolute atomic E-state index is 12.3. The molecule has 0 unspecified atom stereocenters. The van der Waals surface area contributed by atoms with Gasteiger partial charge in [0.1, 0.15) is 4.90 Å². The molecule has 21 heavy (non-hydrogen) atoms. The zero-order valence-electron chi connectivity index (χ0n) is 11.6. The molecule has 0 saturated heterocycles. The predicted molar refractivity (Wildman–Crippen MR) is 81.7 cm³/mol. The normalized spacial score (nSPS) is 11.4. The van der Waals surface area contributed by atoms with Gasteiger partial charge in [-0.25, -0.2) is 23.1 Å². The van der Waals surface area contributed by atoms with Crippen LogP contribution in [-0.2, 0) is 16.6 Å². The Bertz CT molecular complexity index is 757. The SMILES string of the molecule is Cc1cc(C)nc(NS(=O)(=O)c2ccc(CN)cc2Cl)n1. The van der Waals surface area contributed by atoms with Crippen LogP contribution in [0.25, 0.3) is 0 Å². The van der Waals surface area contributed by atoms with Gasteiger partial charge < -0.3 is 5.73 Å². The van der Waals surface area contributed by atoms with Gasteiger partial charge in [-0.2, -0.15) is 0 Å². The summed E-state index contributed by atoms with van der Waals surface area (Å²) < 4.78 is 27.0. The van der Waals surface area contributed by atoms with Crippen LogP contribution in [0.1, 0.15) is 17.0 Å². The van der Waals surface area contributed by atoms with E-state index in [1.165, 1.54) is 12.1 Å². The molecule has 0 bridgehead atoms. The van der Waals surface area contributed by atoms with Crippen LogP contribution < -0.4 is 10.5 Å². The van der Waals surface area contributed by atoms with Gasteiger partial charge in [-0.15, -0.1) is 0 Å². The lowest BCUT2D eigenvalue weighted by Gasteiger charge is -2.10. The molecule has 0 aliphatic rings. The number of nitrogens with one attached hydrogen (secondary N) is 1. The Morgan fingerprint density at radius 2 is 1.81 bits per heavy atom. The van der Waals surface area contributed by atoms with E-state index < -0.39 is 10.0 Å². The highest BCUT2D eigenvalue weighted by molar-refractivity contribution is 7.92. The van der Waals surface area contributed by atoms with E-state index >= 15 is 0 Å². The molecule has 0 atom stereocenters. The Morgan fingerprint density at radius 1 is 1.19 bits per heavy atom. The van der Waals surface area contributed by atoms with E-state index in [-0.39, 0.29) is 22.4 Å². The van der Waals surface area contributed by atoms with Crippen LogP contribution in [0.5, 0.6) is 0 Å². The summed E-state index contributed by atoms with van der Waals surface area (Å²) in [5, 5.41) is 0.106. The number of hydrogen-bond acceptors (Lipinski definition) is 5. The monoisotopic (exact) mass is 326 g/mol. The van der Waals surface area contributed by atoms with Gasteiger partial charge in [0.05, 0.1) is 5.02 Å². The molecule has 8 heteroatoms. The van der Waals surface area contributed by atoms with Gasteiger partial charge in [-0.1, -0.05) is 17.7 Å². The van der Waals surface area contributed by atoms with Crippen molar-refractivity contribution in [2.24, 2.45) is 5.73 Å². The Balaban J connectivity index is 2.38. The minimum Gasteiger partial charge on any atom is -0.326 e. The molecule has 6 nitrogen and oxygen atoms in total. The standard InChI is InChI=1S/C13H15ClN4O2S/c1-8-5-9(2)17-13(16-8)18-21(19,20)12-4-3-10(7-15)6-11(12)14/h3-6H,7,15H2,1-2H3,(H,16,17,18). The molecular weight excluding hydrogens is 312 g/mol. The third-order valence-electron chi connectivity index (χ3n) is 2.73. The fourth-order valence-electron chi connectivity index (χ4n) is 1.84. The zero-order valence-corrected chi connectivity index (χ0v) is 13.2. The average Bonchev–Trinajstić information content (AvgIpc) is 2.36. The molecule has 0 aliphatic heterocycles. The molecule has 1 aromatic heterocycles. The molecule has 0 saturated carbocycles. The summed E-state index contributed by atoms with van der Waals surface area (Å²) in [4.78, 5) is 8.05. The molecular formula is C13H15ClN4O2S. The minimum atomic E-state index is -3.85. The van der Waals surface area contributed by atoms with Gasteiger partial charge in [0.2, 0.25) is 5.95 Å². The Hall–Kier alpha value is -1.70. The molecule has 0 aliphatic carbocycles. The van der Waals surface area contributed by atoms with Crippen LogP contribution in [-0.4, -0.2) is 18.4 Å². The third kappa shape index (κ3) is 3.69. The average molecular weight is 327 g/mol. The van der Waals surface area contributed by atoms with Gasteiger partial charge >= 0.3 is 0 Å². The lowest BCUT2D eigenvalue weighted by Crippen LogP contribution is -2.16. The van der Waals surface area contributed by atoms with Crippen molar-refractivity contribution in [2.75, 3.05) is 4.72 Å². The van der Waals surface area contributed by atoms with E-state index in [0.29, 0.717) is 11.4 Å². The van der Waals surface area contributed by atoms with Crippen molar-refractivity contribution in [3.8, 4) is 0 Å². The minimum absolute atomic E-state index is 0.0199. The van der Waals surface area contributed by atoms with Gasteiger partial charge in [-0.05, 0) is 37.6 Å². The first-order valence-corrected chi connectivity index (χ1v) is 8.01. The van der Waals surface area contributed by atoms with Gasteiger partial charge in [0, 0.05) is 17.9 Å². The number of benzene rings is 1. The van der Waals surface area contributed by atoms with Crippen molar-refractivity contribution in [3.05, 3.63) is 46.2 Å². The summed E-state index contributed by atoms with van der Waals surface area (Å²) in [6, 6.07) is 6.30. The smallest absolute Gasteiger partial charge is 0.265 e. The highest BCUT2D eigenvalue weighted by atomic mass is 35.5. The molecule has 1 aromatic carbocycles. The molecule has 3 N–H and O–H groups in total. The van der Waals surface area contributed by atoms with Gasteiger partial charge in [-0.3, -0.25) is 0 Å². The number of nitrogens with zero attached hydrogens (tertiary/aromatic N) is 2. The summed E-state index contributed by atoms with van der Waals surface area (Å²) in [6.45, 7) is 3.80. The molecule has 1 heterocycles. The van der Waals surface area contributed by atoms with Crippen LogP contribution in [0.4, 0.5) is 5.95 Å². The van der Waals surface area contributed by atoms with E-state index in [1.54, 1.807) is 26.0 Å². The summed E-state index contributed by atoms with van der Waals surface area (Å²) in [7, 11) is -3.85. The highest BCUT2D eigenvalue weighted by Crippen LogP contribution is 2.24. The van der Waals surface area contributed by atoms with Crippen LogP contribution in [0.15, 0.2) is 29.2 Å². The van der Waals surface area contributed by atoms with Gasteiger partial charge in [0.15, 0.2) is 0 Å². The quantitative estimate of drug-likeness (QED) is 0.895. The van der Waals surface area contributed by atoms with Crippen molar-refractivity contribution in [2.45, 2.75) is 25.3 Å². The second-order valence-corrected chi connectivity index (χ2v) is 6.61. The van der Waals surface area contributed by atoms with Crippen molar-refractivity contribution in [1.82, 2.24) is 9.97 Å². The molecule has 0 spiro atoms. The molecule has 2 aromatic rings. The van der Waals surface area contributed by atoms with E-state index in [9.17, 15) is 8.42 Å². The number of aryl methyl sites for hydroxylation is 2. The van der Waals surface area contributed by atoms with Gasteiger partial charge in [0.25, 0.3) is 10.0 Å². The number of halogens is 1. The Labute approximate surface area is 128 Å². The van der Waals surface area contributed by atoms with Crippen molar-refractivity contribution >= 4 is 27.6 Å². The predicted octanol–water partition coefficient (Wildman–Crippen LogP) is 2.01. The number of sulfonamides is 1. The summed E-state index contributed by atoms with van der Waals surface area (Å²) in [6.07, 6.45) is 0. The van der Waals surface area contributed by atoms with Crippen LogP contribution in [0.3, 0.4) is 0 Å². The van der Waals surface area contributed by atoms with E-state index in [1.807, 2.05) is 0 Å². The van der Waals surface area contributed by atoms with E-state index in [0.717, 1.165) is 5.56 Å². The Kier molecular flexibility index (Phi) is 4.46. The lowest BCUT2D eigenvalue weighted by atomic mass is 10.2. The molecule has 112 valence electrons. The number of rotatable bonds is 4. The lowest BCUT2D eigenvalue weighted by molar-refractivity contribution is 0.601. The third-order valence-corrected chi connectivity index (χ3v) is 4.54. The van der Waals surface area contributed by atoms with Crippen molar-refractivity contribution < 1.29 is 8.42 Å². The van der Waals surface area contributed by atoms with Crippen LogP contribution in [0, 0.1) is 13.8 Å². The molecule has 0 fully saturated rings. The fourth-order valence-corrected chi connectivity index (χ4v) is 3.35. The number of anilines is 1. The van der Waals surface area contributed by atoms with Crippen molar-refractivity contribution in [1.29, 1.82) is 0 Å². The van der Waals surface area contributed by atoms with E-state index in [2.05, 4.69) is 14.7 Å². The summed E-state index contributed by atoms with van der Waals surface area (Å²) in [5.41, 5.74) is 7.58. The first-order valence-electron chi connectivity index (χ1n) is 6.15. The maximum Gasteiger partial charge on any atom is 0.265 e. The topological polar surface area (TPSA) is 98.0 Å². The second kappa shape index (κ2) is 5.97.